The molecule has 0 unspecified atom stereocenters. The molecular formula is C6H10N2O2. The second-order valence-corrected chi connectivity index (χ2v) is 2.54. The summed E-state index contributed by atoms with van der Waals surface area (Å²) in [6.07, 6.45) is 1.02. The van der Waals surface area contributed by atoms with Crippen molar-refractivity contribution >= 4 is 6.09 Å². The molecule has 0 atom stereocenters. The van der Waals surface area contributed by atoms with Crippen LogP contribution < -0.4 is 0 Å². The van der Waals surface area contributed by atoms with Crippen LogP contribution in [0.5, 0.6) is 0 Å². The third-order valence-electron chi connectivity index (χ3n) is 1.91. The lowest BCUT2D eigenvalue weighted by Gasteiger charge is -2.36. The topological polar surface area (TPSA) is 32.8 Å². The molecule has 0 saturated carbocycles. The van der Waals surface area contributed by atoms with Gasteiger partial charge in [0.2, 0.25) is 0 Å². The molecule has 0 spiro atoms. The van der Waals surface area contributed by atoms with Gasteiger partial charge in [-0.3, -0.25) is 0 Å². The summed E-state index contributed by atoms with van der Waals surface area (Å²) in [5, 5.41) is 3.71. The van der Waals surface area contributed by atoms with Crippen LogP contribution >= 0.6 is 0 Å². The van der Waals surface area contributed by atoms with Crippen LogP contribution in [0.4, 0.5) is 4.79 Å². The molecule has 0 bridgehead atoms. The van der Waals surface area contributed by atoms with Crippen molar-refractivity contribution in [3.8, 4) is 0 Å². The van der Waals surface area contributed by atoms with Crippen LogP contribution in [-0.2, 0) is 4.74 Å². The second kappa shape index (κ2) is 2.12. The minimum Gasteiger partial charge on any atom is -0.447 e. The Morgan fingerprint density at radius 2 is 2.10 bits per heavy atom. The van der Waals surface area contributed by atoms with E-state index in [2.05, 4.69) is 0 Å². The van der Waals surface area contributed by atoms with E-state index in [9.17, 15) is 4.79 Å². The van der Waals surface area contributed by atoms with Gasteiger partial charge in [-0.25, -0.2) is 14.8 Å². The van der Waals surface area contributed by atoms with Gasteiger partial charge in [0.1, 0.15) is 6.61 Å². The van der Waals surface area contributed by atoms with Gasteiger partial charge < -0.3 is 4.74 Å². The first-order valence-electron chi connectivity index (χ1n) is 3.57. The number of carbonyl (C=O) groups excluding carboxylic acids is 1. The summed E-state index contributed by atoms with van der Waals surface area (Å²) in [6, 6.07) is 0. The molecule has 2 aliphatic heterocycles. The third-order valence-corrected chi connectivity index (χ3v) is 1.91. The quantitative estimate of drug-likeness (QED) is 0.519. The summed E-state index contributed by atoms with van der Waals surface area (Å²) in [5.74, 6) is 0. The highest BCUT2D eigenvalue weighted by atomic mass is 16.6. The lowest BCUT2D eigenvalue weighted by Crippen LogP contribution is -2.50. The summed E-state index contributed by atoms with van der Waals surface area (Å²) < 4.78 is 4.77. The Morgan fingerprint density at radius 1 is 1.30 bits per heavy atom. The van der Waals surface area contributed by atoms with Gasteiger partial charge in [-0.05, 0) is 6.42 Å². The number of ether oxygens (including phenoxy) is 1. The smallest absolute Gasteiger partial charge is 0.424 e. The molecule has 2 saturated heterocycles. The average Bonchev–Trinajstić information content (AvgIpc) is 2.12. The number of amides is 1. The summed E-state index contributed by atoms with van der Waals surface area (Å²) in [4.78, 5) is 10.9. The van der Waals surface area contributed by atoms with Crippen molar-refractivity contribution in [2.45, 2.75) is 6.42 Å². The lowest BCUT2D eigenvalue weighted by molar-refractivity contribution is -0.0255. The largest absolute Gasteiger partial charge is 0.447 e. The Hall–Kier alpha value is -0.770. The zero-order valence-corrected chi connectivity index (χ0v) is 5.75. The average molecular weight is 142 g/mol. The monoisotopic (exact) mass is 142 g/mol. The molecule has 0 radical (unpaired) electrons. The number of hydrogen-bond acceptors (Lipinski definition) is 3. The predicted molar refractivity (Wildman–Crippen MR) is 34.2 cm³/mol. The van der Waals surface area contributed by atoms with E-state index >= 15 is 0 Å². The van der Waals surface area contributed by atoms with Crippen molar-refractivity contribution in [2.75, 3.05) is 26.2 Å². The van der Waals surface area contributed by atoms with Gasteiger partial charge in [0.25, 0.3) is 0 Å². The van der Waals surface area contributed by atoms with E-state index in [0.717, 1.165) is 19.6 Å². The van der Waals surface area contributed by atoms with Gasteiger partial charge in [0, 0.05) is 13.1 Å². The van der Waals surface area contributed by atoms with Gasteiger partial charge >= 0.3 is 6.09 Å². The third kappa shape index (κ3) is 0.759. The molecule has 4 heteroatoms. The fourth-order valence-electron chi connectivity index (χ4n) is 1.18. The Kier molecular flexibility index (Phi) is 1.27. The van der Waals surface area contributed by atoms with Crippen LogP contribution in [0.15, 0.2) is 0 Å². The van der Waals surface area contributed by atoms with Crippen LogP contribution in [0.25, 0.3) is 0 Å². The molecule has 0 aromatic heterocycles. The molecule has 56 valence electrons. The van der Waals surface area contributed by atoms with Gasteiger partial charge in [-0.1, -0.05) is 0 Å². The van der Waals surface area contributed by atoms with Gasteiger partial charge in [-0.2, -0.15) is 0 Å². The van der Waals surface area contributed by atoms with Crippen LogP contribution in [0.1, 0.15) is 6.42 Å². The molecule has 0 aromatic rings. The highest BCUT2D eigenvalue weighted by Gasteiger charge is 2.30. The molecular weight excluding hydrogens is 132 g/mol. The first kappa shape index (κ1) is 5.97. The van der Waals surface area contributed by atoms with Crippen LogP contribution in [0.3, 0.4) is 0 Å². The normalized spacial score (nSPS) is 26.4. The maximum atomic E-state index is 10.9. The van der Waals surface area contributed by atoms with Gasteiger partial charge in [-0.15, -0.1) is 0 Å². The minimum absolute atomic E-state index is 0.181. The van der Waals surface area contributed by atoms with E-state index in [-0.39, 0.29) is 6.09 Å². The van der Waals surface area contributed by atoms with Crippen molar-refractivity contribution < 1.29 is 9.53 Å². The Morgan fingerprint density at radius 3 is 2.50 bits per heavy atom. The zero-order valence-electron chi connectivity index (χ0n) is 5.75. The van der Waals surface area contributed by atoms with Crippen molar-refractivity contribution in [2.24, 2.45) is 0 Å². The van der Waals surface area contributed by atoms with E-state index in [1.165, 1.54) is 6.42 Å². The highest BCUT2D eigenvalue weighted by molar-refractivity contribution is 5.68. The molecule has 0 N–H and O–H groups in total. The van der Waals surface area contributed by atoms with Crippen molar-refractivity contribution in [1.29, 1.82) is 0 Å². The number of carbonyl (C=O) groups is 1. The van der Waals surface area contributed by atoms with E-state index in [0.29, 0.717) is 6.61 Å². The summed E-state index contributed by atoms with van der Waals surface area (Å²) >= 11 is 0. The Bertz CT molecular complexity index is 156. The standard InChI is InChI=1S/C6H10N2O2/c9-6-8(4-5-10-6)7-2-1-3-7/h1-5H2. The van der Waals surface area contributed by atoms with E-state index in [1.54, 1.807) is 5.01 Å². The molecule has 2 aliphatic rings. The molecule has 2 heterocycles. The van der Waals surface area contributed by atoms with Crippen LogP contribution in [0.2, 0.25) is 0 Å². The fourth-order valence-corrected chi connectivity index (χ4v) is 1.18. The molecule has 0 aromatic carbocycles. The number of hydrogen-bond donors (Lipinski definition) is 0. The number of rotatable bonds is 1. The maximum absolute atomic E-state index is 10.9. The highest BCUT2D eigenvalue weighted by Crippen LogP contribution is 2.14. The SMILES string of the molecule is O=C1OCCN1N1CCC1. The Labute approximate surface area is 59.3 Å². The van der Waals surface area contributed by atoms with Crippen LogP contribution in [0, 0.1) is 0 Å². The first-order valence-corrected chi connectivity index (χ1v) is 3.57. The number of cyclic esters (lactones) is 1. The second-order valence-electron chi connectivity index (χ2n) is 2.54. The van der Waals surface area contributed by atoms with Crippen molar-refractivity contribution in [3.63, 3.8) is 0 Å². The first-order chi connectivity index (χ1) is 4.88. The molecule has 0 aliphatic carbocycles. The maximum Gasteiger partial charge on any atom is 0.424 e. The van der Waals surface area contributed by atoms with Crippen LogP contribution in [-0.4, -0.2) is 42.4 Å². The number of hydrazine groups is 1. The molecule has 4 nitrogen and oxygen atoms in total. The molecule has 2 fully saturated rings. The van der Waals surface area contributed by atoms with E-state index in [4.69, 9.17) is 4.74 Å². The van der Waals surface area contributed by atoms with Crippen molar-refractivity contribution in [1.82, 2.24) is 10.0 Å². The molecule has 1 amide bonds. The minimum atomic E-state index is -0.181. The predicted octanol–water partition coefficient (Wildman–Crippen LogP) is 0.0593. The van der Waals surface area contributed by atoms with Gasteiger partial charge in [0.05, 0.1) is 6.54 Å². The summed E-state index contributed by atoms with van der Waals surface area (Å²) in [6.45, 7) is 3.30. The van der Waals surface area contributed by atoms with Crippen molar-refractivity contribution in [3.05, 3.63) is 0 Å². The zero-order chi connectivity index (χ0) is 6.97. The fraction of sp³-hybridized carbons (Fsp3) is 0.833. The van der Waals surface area contributed by atoms with E-state index in [1.807, 2.05) is 5.01 Å². The Balaban J connectivity index is 1.96. The lowest BCUT2D eigenvalue weighted by atomic mass is 10.3. The summed E-state index contributed by atoms with van der Waals surface area (Å²) in [5.41, 5.74) is 0. The molecule has 2 rings (SSSR count). The summed E-state index contributed by atoms with van der Waals surface area (Å²) in [7, 11) is 0. The molecule has 10 heavy (non-hydrogen) atoms. The van der Waals surface area contributed by atoms with E-state index < -0.39 is 0 Å². The van der Waals surface area contributed by atoms with Gasteiger partial charge in [0.15, 0.2) is 0 Å². The number of nitrogens with zero attached hydrogens (tertiary/aromatic N) is 2.